The topological polar surface area (TPSA) is 39.5 Å². The lowest BCUT2D eigenvalue weighted by Gasteiger charge is -2.24. The van der Waals surface area contributed by atoms with Gasteiger partial charge in [0, 0.05) is 42.0 Å². The Kier molecular flexibility index (Phi) is 5.72. The van der Waals surface area contributed by atoms with Crippen LogP contribution < -0.4 is 14.4 Å². The highest BCUT2D eigenvalue weighted by Gasteiger charge is 2.24. The molecule has 0 spiro atoms. The van der Waals surface area contributed by atoms with E-state index in [0.29, 0.717) is 5.25 Å². The van der Waals surface area contributed by atoms with Crippen molar-refractivity contribution >= 4 is 17.4 Å². The highest BCUT2D eigenvalue weighted by Crippen LogP contribution is 2.47. The van der Waals surface area contributed by atoms with Crippen LogP contribution in [0.25, 0.3) is 0 Å². The number of hydrogen-bond donors (Lipinski definition) is 0. The molecule has 0 aliphatic carbocycles. The Morgan fingerprint density at radius 2 is 2.00 bits per heavy atom. The largest absolute Gasteiger partial charge is 0.497 e. The van der Waals surface area contributed by atoms with Crippen LogP contribution in [0.2, 0.25) is 0 Å². The molecule has 1 atom stereocenters. The number of aryl methyl sites for hydroxylation is 2. The first-order valence-corrected chi connectivity index (χ1v) is 10.7. The van der Waals surface area contributed by atoms with Crippen LogP contribution in [0.4, 0.5) is 5.69 Å². The molecule has 4 rings (SSSR count). The second kappa shape index (κ2) is 8.41. The molecule has 3 aromatic rings. The van der Waals surface area contributed by atoms with E-state index in [0.717, 1.165) is 31.0 Å². The summed E-state index contributed by atoms with van der Waals surface area (Å²) >= 11 is 1.92. The van der Waals surface area contributed by atoms with Gasteiger partial charge in [-0.05, 0) is 48.7 Å². The Balaban J connectivity index is 1.67. The number of fused-ring (bicyclic) bond motifs is 1. The molecule has 29 heavy (non-hydrogen) atoms. The van der Waals surface area contributed by atoms with Crippen LogP contribution in [0.15, 0.2) is 53.7 Å². The van der Waals surface area contributed by atoms with E-state index >= 15 is 0 Å². The number of nitrogens with zero attached hydrogens (tertiary/aromatic N) is 3. The minimum Gasteiger partial charge on any atom is -0.497 e. The highest BCUT2D eigenvalue weighted by atomic mass is 32.2. The second-order valence-corrected chi connectivity index (χ2v) is 8.65. The van der Waals surface area contributed by atoms with Gasteiger partial charge in [0.2, 0.25) is 0 Å². The van der Waals surface area contributed by atoms with Crippen LogP contribution in [0.5, 0.6) is 11.5 Å². The molecule has 0 bridgehead atoms. The zero-order chi connectivity index (χ0) is 20.4. The summed E-state index contributed by atoms with van der Waals surface area (Å²) in [6.07, 6.45) is 5.10. The van der Waals surface area contributed by atoms with Gasteiger partial charge in [-0.25, -0.2) is 0 Å². The van der Waals surface area contributed by atoms with Crippen LogP contribution in [0.3, 0.4) is 0 Å². The molecule has 5 nitrogen and oxygen atoms in total. The van der Waals surface area contributed by atoms with Crippen molar-refractivity contribution in [1.29, 1.82) is 0 Å². The van der Waals surface area contributed by atoms with Gasteiger partial charge in [0.25, 0.3) is 0 Å². The van der Waals surface area contributed by atoms with Gasteiger partial charge in [-0.3, -0.25) is 4.68 Å². The van der Waals surface area contributed by atoms with Gasteiger partial charge in [-0.15, -0.1) is 11.8 Å². The molecule has 1 aliphatic heterocycles. The van der Waals surface area contributed by atoms with Crippen LogP contribution in [0, 0.1) is 6.92 Å². The van der Waals surface area contributed by atoms with Crippen molar-refractivity contribution in [1.82, 2.24) is 9.78 Å². The zero-order valence-corrected chi connectivity index (χ0v) is 18.2. The monoisotopic (exact) mass is 409 g/mol. The summed E-state index contributed by atoms with van der Waals surface area (Å²) in [7, 11) is 5.41. The lowest BCUT2D eigenvalue weighted by atomic mass is 10.1. The minimum absolute atomic E-state index is 0.379. The van der Waals surface area contributed by atoms with Gasteiger partial charge in [0.05, 0.1) is 26.1 Å². The van der Waals surface area contributed by atoms with Crippen LogP contribution in [0.1, 0.15) is 28.4 Å². The molecule has 2 aromatic carbocycles. The van der Waals surface area contributed by atoms with Crippen LogP contribution in [-0.4, -0.2) is 30.5 Å². The Morgan fingerprint density at radius 3 is 2.69 bits per heavy atom. The number of rotatable bonds is 5. The minimum atomic E-state index is 0.379. The summed E-state index contributed by atoms with van der Waals surface area (Å²) in [5.74, 6) is 1.83. The van der Waals surface area contributed by atoms with Crippen LogP contribution >= 0.6 is 11.8 Å². The third-order valence-corrected chi connectivity index (χ3v) is 6.73. The van der Waals surface area contributed by atoms with Crippen molar-refractivity contribution in [3.8, 4) is 11.5 Å². The molecule has 1 aliphatic rings. The predicted octanol–water partition coefficient (Wildman–Crippen LogP) is 4.99. The highest BCUT2D eigenvalue weighted by molar-refractivity contribution is 7.99. The standard InChI is InChI=1S/C23H27N3O2S/c1-16-11-18(5-8-21(16)28-4)22-9-10-26(15-17-13-24-25(2)14-17)20-7-6-19(27-3)12-23(20)29-22/h5-8,11-14,22H,9-10,15H2,1-4H3/t22-/m1/s1. The Morgan fingerprint density at radius 1 is 1.14 bits per heavy atom. The van der Waals surface area contributed by atoms with Gasteiger partial charge in [-0.1, -0.05) is 12.1 Å². The molecular weight excluding hydrogens is 382 g/mol. The molecular formula is C23H27N3O2S. The fourth-order valence-corrected chi connectivity index (χ4v) is 5.17. The summed E-state index contributed by atoms with van der Waals surface area (Å²) in [5, 5.41) is 4.71. The molecule has 0 amide bonds. The van der Waals surface area contributed by atoms with Crippen molar-refractivity contribution in [3.05, 3.63) is 65.5 Å². The fraction of sp³-hybridized carbons (Fsp3) is 0.348. The summed E-state index contributed by atoms with van der Waals surface area (Å²) in [6, 6.07) is 12.9. The van der Waals surface area contributed by atoms with Gasteiger partial charge in [0.1, 0.15) is 11.5 Å². The Bertz CT molecular complexity index is 1000. The van der Waals surface area contributed by atoms with E-state index in [-0.39, 0.29) is 0 Å². The van der Waals surface area contributed by atoms with E-state index in [4.69, 9.17) is 9.47 Å². The molecule has 0 unspecified atom stereocenters. The molecule has 6 heteroatoms. The molecule has 0 N–H and O–H groups in total. The first-order chi connectivity index (χ1) is 14.1. The van der Waals surface area contributed by atoms with Gasteiger partial charge in [0.15, 0.2) is 0 Å². The fourth-order valence-electron chi connectivity index (χ4n) is 3.86. The van der Waals surface area contributed by atoms with Crippen molar-refractivity contribution in [3.63, 3.8) is 0 Å². The smallest absolute Gasteiger partial charge is 0.121 e. The van der Waals surface area contributed by atoms with Crippen molar-refractivity contribution in [2.45, 2.75) is 30.0 Å². The van der Waals surface area contributed by atoms with Crippen molar-refractivity contribution in [2.24, 2.45) is 7.05 Å². The summed E-state index contributed by atoms with van der Waals surface area (Å²) < 4.78 is 12.8. The maximum absolute atomic E-state index is 5.51. The van der Waals surface area contributed by atoms with E-state index < -0.39 is 0 Å². The second-order valence-electron chi connectivity index (χ2n) is 7.40. The van der Waals surface area contributed by atoms with Crippen molar-refractivity contribution < 1.29 is 9.47 Å². The SMILES string of the molecule is COc1ccc2c(c1)S[C@@H](c1ccc(OC)c(C)c1)CCN2Cc1cnn(C)c1. The normalized spacial score (nSPS) is 16.3. The predicted molar refractivity (Wildman–Crippen MR) is 118 cm³/mol. The summed E-state index contributed by atoms with van der Waals surface area (Å²) in [6.45, 7) is 3.94. The molecule has 1 aromatic heterocycles. The zero-order valence-electron chi connectivity index (χ0n) is 17.4. The Labute approximate surface area is 176 Å². The number of hydrogen-bond acceptors (Lipinski definition) is 5. The first-order valence-electron chi connectivity index (χ1n) is 9.79. The van der Waals surface area contributed by atoms with Crippen molar-refractivity contribution in [2.75, 3.05) is 25.7 Å². The lowest BCUT2D eigenvalue weighted by molar-refractivity contribution is 0.411. The Hall–Kier alpha value is -2.60. The number of thioether (sulfide) groups is 1. The third kappa shape index (κ3) is 4.22. The molecule has 2 heterocycles. The van der Waals surface area contributed by atoms with Gasteiger partial charge < -0.3 is 14.4 Å². The average Bonchev–Trinajstić information content (AvgIpc) is 3.05. The third-order valence-electron chi connectivity index (χ3n) is 5.36. The average molecular weight is 410 g/mol. The van der Waals surface area contributed by atoms with Gasteiger partial charge in [-0.2, -0.15) is 5.10 Å². The molecule has 0 saturated heterocycles. The first kappa shape index (κ1) is 19.7. The van der Waals surface area contributed by atoms with E-state index in [9.17, 15) is 0 Å². The maximum atomic E-state index is 5.51. The van der Waals surface area contributed by atoms with E-state index in [1.54, 1.807) is 14.2 Å². The van der Waals surface area contributed by atoms with E-state index in [1.807, 2.05) is 35.8 Å². The number of benzene rings is 2. The van der Waals surface area contributed by atoms with E-state index in [1.165, 1.54) is 27.3 Å². The number of aromatic nitrogens is 2. The van der Waals surface area contributed by atoms with Gasteiger partial charge >= 0.3 is 0 Å². The maximum Gasteiger partial charge on any atom is 0.121 e. The quantitative estimate of drug-likeness (QED) is 0.594. The summed E-state index contributed by atoms with van der Waals surface area (Å²) in [4.78, 5) is 3.71. The molecule has 0 fully saturated rings. The number of anilines is 1. The molecule has 0 saturated carbocycles. The molecule has 0 radical (unpaired) electrons. The number of methoxy groups -OCH3 is 2. The van der Waals surface area contributed by atoms with Crippen LogP contribution in [-0.2, 0) is 13.6 Å². The molecule has 152 valence electrons. The number of ether oxygens (including phenoxy) is 2. The van der Waals surface area contributed by atoms with E-state index in [2.05, 4.69) is 53.5 Å². The lowest BCUT2D eigenvalue weighted by Crippen LogP contribution is -2.23. The summed E-state index contributed by atoms with van der Waals surface area (Å²) in [5.41, 5.74) is 4.99.